The molecule has 0 aromatic heterocycles. The Balaban J connectivity index is 1.83. The van der Waals surface area contributed by atoms with Crippen molar-refractivity contribution in [3.05, 3.63) is 59.7 Å². The molecule has 3 rings (SSSR count). The standard InChI is InChI=1S/C17H15N3O3/c1-2-23-14-10-6-4-8-12(14)16(21)20-19-15-11-7-3-5-9-13(11)18-17(15)22/h3-10H,2H2,1H3,(H,20,21)(H,18,19,22). The number of carbonyl (C=O) groups excluding carboxylic acids is 2. The number of ether oxygens (including phenoxy) is 1. The number of hydrazone groups is 1. The molecule has 1 aliphatic rings. The third-order valence-electron chi connectivity index (χ3n) is 3.35. The zero-order chi connectivity index (χ0) is 16.2. The SMILES string of the molecule is CCOc1ccccc1C(=O)N/N=C1/C(=O)Nc2ccccc21. The van der Waals surface area contributed by atoms with Crippen molar-refractivity contribution < 1.29 is 14.3 Å². The number of hydrogen-bond donors (Lipinski definition) is 2. The Morgan fingerprint density at radius 3 is 2.74 bits per heavy atom. The summed E-state index contributed by atoms with van der Waals surface area (Å²) in [6, 6.07) is 14.1. The van der Waals surface area contributed by atoms with E-state index in [1.165, 1.54) is 0 Å². The van der Waals surface area contributed by atoms with Crippen LogP contribution < -0.4 is 15.5 Å². The Bertz CT molecular complexity index is 799. The topological polar surface area (TPSA) is 79.8 Å². The molecule has 2 aromatic carbocycles. The molecule has 2 N–H and O–H groups in total. The van der Waals surface area contributed by atoms with E-state index < -0.39 is 5.91 Å². The number of fused-ring (bicyclic) bond motifs is 1. The summed E-state index contributed by atoms with van der Waals surface area (Å²) in [6.45, 7) is 2.29. The number of nitrogens with one attached hydrogen (secondary N) is 2. The highest BCUT2D eigenvalue weighted by Gasteiger charge is 2.25. The molecule has 6 heteroatoms. The Hall–Kier alpha value is -3.15. The fraction of sp³-hybridized carbons (Fsp3) is 0.118. The largest absolute Gasteiger partial charge is 0.493 e. The first kappa shape index (κ1) is 14.8. The molecule has 1 aliphatic heterocycles. The highest BCUT2D eigenvalue weighted by Crippen LogP contribution is 2.22. The summed E-state index contributed by atoms with van der Waals surface area (Å²) < 4.78 is 5.42. The zero-order valence-electron chi connectivity index (χ0n) is 12.5. The second kappa shape index (κ2) is 6.31. The first-order valence-electron chi connectivity index (χ1n) is 7.21. The van der Waals surface area contributed by atoms with Gasteiger partial charge in [0.1, 0.15) is 5.75 Å². The van der Waals surface area contributed by atoms with Crippen molar-refractivity contribution in [2.75, 3.05) is 11.9 Å². The number of rotatable bonds is 4. The molecule has 0 bridgehead atoms. The first-order valence-corrected chi connectivity index (χ1v) is 7.21. The average Bonchev–Trinajstić information content (AvgIpc) is 2.89. The summed E-state index contributed by atoms with van der Waals surface area (Å²) in [5, 5.41) is 6.67. The Morgan fingerprint density at radius 1 is 1.17 bits per heavy atom. The fourth-order valence-corrected chi connectivity index (χ4v) is 2.32. The van der Waals surface area contributed by atoms with Gasteiger partial charge < -0.3 is 10.1 Å². The van der Waals surface area contributed by atoms with Crippen LogP contribution in [0.25, 0.3) is 0 Å². The van der Waals surface area contributed by atoms with Crippen LogP contribution in [-0.4, -0.2) is 24.1 Å². The molecule has 116 valence electrons. The molecule has 0 saturated carbocycles. The van der Waals surface area contributed by atoms with Crippen molar-refractivity contribution in [2.24, 2.45) is 5.10 Å². The van der Waals surface area contributed by atoms with Gasteiger partial charge in [0, 0.05) is 5.56 Å². The van der Waals surface area contributed by atoms with Crippen LogP contribution in [0.15, 0.2) is 53.6 Å². The van der Waals surface area contributed by atoms with E-state index in [1.807, 2.05) is 13.0 Å². The molecule has 2 aromatic rings. The van der Waals surface area contributed by atoms with E-state index in [0.29, 0.717) is 29.2 Å². The second-order valence-electron chi connectivity index (χ2n) is 4.83. The van der Waals surface area contributed by atoms with E-state index in [2.05, 4.69) is 15.8 Å². The van der Waals surface area contributed by atoms with Crippen LogP contribution in [-0.2, 0) is 4.79 Å². The molecule has 0 fully saturated rings. The van der Waals surface area contributed by atoms with Crippen molar-refractivity contribution in [1.29, 1.82) is 0 Å². The normalized spacial score (nSPS) is 14.3. The van der Waals surface area contributed by atoms with E-state index >= 15 is 0 Å². The quantitative estimate of drug-likeness (QED) is 0.849. The smallest absolute Gasteiger partial charge is 0.276 e. The van der Waals surface area contributed by atoms with Gasteiger partial charge >= 0.3 is 0 Å². The fourth-order valence-electron chi connectivity index (χ4n) is 2.32. The Labute approximate surface area is 133 Å². The predicted octanol–water partition coefficient (Wildman–Crippen LogP) is 2.17. The van der Waals surface area contributed by atoms with E-state index in [0.717, 1.165) is 0 Å². The van der Waals surface area contributed by atoms with Crippen molar-refractivity contribution in [3.63, 3.8) is 0 Å². The molecule has 0 aliphatic carbocycles. The van der Waals surface area contributed by atoms with E-state index in [1.54, 1.807) is 42.5 Å². The van der Waals surface area contributed by atoms with Crippen LogP contribution in [0, 0.1) is 0 Å². The Morgan fingerprint density at radius 2 is 1.91 bits per heavy atom. The lowest BCUT2D eigenvalue weighted by atomic mass is 10.1. The lowest BCUT2D eigenvalue weighted by Gasteiger charge is -2.08. The van der Waals surface area contributed by atoms with Crippen molar-refractivity contribution in [3.8, 4) is 5.75 Å². The van der Waals surface area contributed by atoms with Crippen LogP contribution in [0.2, 0.25) is 0 Å². The molecular weight excluding hydrogens is 294 g/mol. The van der Waals surface area contributed by atoms with Gasteiger partial charge in [0.15, 0.2) is 5.71 Å². The second-order valence-corrected chi connectivity index (χ2v) is 4.83. The molecule has 2 amide bonds. The lowest BCUT2D eigenvalue weighted by Crippen LogP contribution is -2.24. The van der Waals surface area contributed by atoms with E-state index in [4.69, 9.17) is 4.74 Å². The average molecular weight is 309 g/mol. The van der Waals surface area contributed by atoms with Crippen LogP contribution in [0.4, 0.5) is 5.69 Å². The maximum atomic E-state index is 12.3. The lowest BCUT2D eigenvalue weighted by molar-refractivity contribution is -0.110. The monoisotopic (exact) mass is 309 g/mol. The van der Waals surface area contributed by atoms with Gasteiger partial charge in [0.2, 0.25) is 0 Å². The van der Waals surface area contributed by atoms with Crippen molar-refractivity contribution >= 4 is 23.2 Å². The third kappa shape index (κ3) is 2.91. The number of hydrogen-bond acceptors (Lipinski definition) is 4. The molecule has 0 saturated heterocycles. The minimum atomic E-state index is -0.432. The molecule has 23 heavy (non-hydrogen) atoms. The number of anilines is 1. The summed E-state index contributed by atoms with van der Waals surface area (Å²) in [7, 11) is 0. The van der Waals surface area contributed by atoms with Gasteiger partial charge in [-0.2, -0.15) is 5.10 Å². The van der Waals surface area contributed by atoms with E-state index in [9.17, 15) is 9.59 Å². The molecule has 0 atom stereocenters. The summed E-state index contributed by atoms with van der Waals surface area (Å²) in [4.78, 5) is 24.2. The molecule has 0 radical (unpaired) electrons. The van der Waals surface area contributed by atoms with Gasteiger partial charge in [0.25, 0.3) is 11.8 Å². The Kier molecular flexibility index (Phi) is 4.05. The number of para-hydroxylation sites is 2. The van der Waals surface area contributed by atoms with Crippen molar-refractivity contribution in [2.45, 2.75) is 6.92 Å². The minimum absolute atomic E-state index is 0.183. The number of nitrogens with zero attached hydrogens (tertiary/aromatic N) is 1. The van der Waals surface area contributed by atoms with Gasteiger partial charge in [-0.25, -0.2) is 5.43 Å². The maximum absolute atomic E-state index is 12.3. The van der Waals surface area contributed by atoms with Gasteiger partial charge in [-0.3, -0.25) is 9.59 Å². The molecular formula is C17H15N3O3. The molecule has 0 unspecified atom stereocenters. The van der Waals surface area contributed by atoms with Crippen LogP contribution >= 0.6 is 0 Å². The van der Waals surface area contributed by atoms with Gasteiger partial charge in [-0.1, -0.05) is 30.3 Å². The van der Waals surface area contributed by atoms with E-state index in [-0.39, 0.29) is 11.6 Å². The number of amides is 2. The maximum Gasteiger partial charge on any atom is 0.276 e. The van der Waals surface area contributed by atoms with Crippen LogP contribution in [0.5, 0.6) is 5.75 Å². The predicted molar refractivity (Wildman–Crippen MR) is 86.7 cm³/mol. The highest BCUT2D eigenvalue weighted by atomic mass is 16.5. The zero-order valence-corrected chi connectivity index (χ0v) is 12.5. The number of benzene rings is 2. The summed E-state index contributed by atoms with van der Waals surface area (Å²) in [5.74, 6) is -0.299. The van der Waals surface area contributed by atoms with Gasteiger partial charge in [-0.15, -0.1) is 0 Å². The first-order chi connectivity index (χ1) is 11.2. The van der Waals surface area contributed by atoms with Crippen LogP contribution in [0.1, 0.15) is 22.8 Å². The van der Waals surface area contributed by atoms with Gasteiger partial charge in [0.05, 0.1) is 17.9 Å². The molecule has 0 spiro atoms. The molecule has 6 nitrogen and oxygen atoms in total. The van der Waals surface area contributed by atoms with Gasteiger partial charge in [-0.05, 0) is 25.1 Å². The van der Waals surface area contributed by atoms with Crippen molar-refractivity contribution in [1.82, 2.24) is 5.43 Å². The number of carbonyl (C=O) groups is 2. The third-order valence-corrected chi connectivity index (χ3v) is 3.35. The minimum Gasteiger partial charge on any atom is -0.493 e. The highest BCUT2D eigenvalue weighted by molar-refractivity contribution is 6.53. The van der Waals surface area contributed by atoms with Crippen LogP contribution in [0.3, 0.4) is 0 Å². The molecule has 1 heterocycles. The summed E-state index contributed by atoms with van der Waals surface area (Å²) >= 11 is 0. The summed E-state index contributed by atoms with van der Waals surface area (Å²) in [5.41, 5.74) is 4.31. The summed E-state index contributed by atoms with van der Waals surface area (Å²) in [6.07, 6.45) is 0.